The maximum atomic E-state index is 6.39. The minimum atomic E-state index is 0.0531. The third-order valence-corrected chi connectivity index (χ3v) is 4.45. The Labute approximate surface area is 123 Å². The Kier molecular flexibility index (Phi) is 6.06. The fraction of sp³-hybridized carbons (Fsp3) is 0.667. The Morgan fingerprint density at radius 2 is 1.90 bits per heavy atom. The second kappa shape index (κ2) is 7.80. The Hall–Kier alpha value is -0.860. The zero-order chi connectivity index (χ0) is 14.3. The van der Waals surface area contributed by atoms with Crippen LogP contribution in [0, 0.1) is 5.92 Å². The number of hydrogen-bond acceptors (Lipinski definition) is 2. The molecular weight excluding hydrogens is 246 g/mol. The summed E-state index contributed by atoms with van der Waals surface area (Å²) in [5.41, 5.74) is 1.33. The molecule has 0 radical (unpaired) electrons. The van der Waals surface area contributed by atoms with Gasteiger partial charge in [0.1, 0.15) is 0 Å². The summed E-state index contributed by atoms with van der Waals surface area (Å²) in [7, 11) is 0. The van der Waals surface area contributed by atoms with Gasteiger partial charge in [-0.1, -0.05) is 44.2 Å². The summed E-state index contributed by atoms with van der Waals surface area (Å²) in [5, 5.41) is 3.57. The van der Waals surface area contributed by atoms with Crippen LogP contribution in [0.5, 0.6) is 0 Å². The first-order valence-electron chi connectivity index (χ1n) is 8.13. The number of benzene rings is 1. The molecule has 1 aromatic carbocycles. The molecule has 2 nitrogen and oxygen atoms in total. The SMILES string of the molecule is CCCNCC1(OCc2ccccc2)CCC(C)CC1. The molecule has 0 spiro atoms. The van der Waals surface area contributed by atoms with Crippen molar-refractivity contribution < 1.29 is 4.74 Å². The molecule has 0 bridgehead atoms. The van der Waals surface area contributed by atoms with Crippen LogP contribution in [0.25, 0.3) is 0 Å². The number of ether oxygens (including phenoxy) is 1. The average Bonchev–Trinajstić information content (AvgIpc) is 2.49. The molecule has 1 fully saturated rings. The van der Waals surface area contributed by atoms with Crippen molar-refractivity contribution in [2.24, 2.45) is 5.92 Å². The zero-order valence-electron chi connectivity index (χ0n) is 13.0. The molecule has 0 unspecified atom stereocenters. The van der Waals surface area contributed by atoms with Crippen LogP contribution in [-0.4, -0.2) is 18.7 Å². The van der Waals surface area contributed by atoms with Gasteiger partial charge in [-0.15, -0.1) is 0 Å². The Bertz CT molecular complexity index is 368. The molecule has 1 aliphatic carbocycles. The van der Waals surface area contributed by atoms with Crippen LogP contribution in [0.2, 0.25) is 0 Å². The fourth-order valence-corrected chi connectivity index (χ4v) is 2.96. The summed E-state index contributed by atoms with van der Waals surface area (Å²) < 4.78 is 6.39. The van der Waals surface area contributed by atoms with E-state index >= 15 is 0 Å². The molecule has 0 aromatic heterocycles. The minimum absolute atomic E-state index is 0.0531. The first-order valence-corrected chi connectivity index (χ1v) is 8.13. The zero-order valence-corrected chi connectivity index (χ0v) is 13.0. The molecule has 1 N–H and O–H groups in total. The van der Waals surface area contributed by atoms with E-state index in [4.69, 9.17) is 4.74 Å². The summed E-state index contributed by atoms with van der Waals surface area (Å²) in [6, 6.07) is 10.5. The smallest absolute Gasteiger partial charge is 0.0811 e. The van der Waals surface area contributed by atoms with E-state index in [0.717, 1.165) is 25.6 Å². The van der Waals surface area contributed by atoms with Gasteiger partial charge in [0, 0.05) is 6.54 Å². The van der Waals surface area contributed by atoms with Gasteiger partial charge in [0.05, 0.1) is 12.2 Å². The average molecular weight is 275 g/mol. The Balaban J connectivity index is 1.91. The van der Waals surface area contributed by atoms with E-state index < -0.39 is 0 Å². The van der Waals surface area contributed by atoms with Crippen LogP contribution in [0.15, 0.2) is 30.3 Å². The van der Waals surface area contributed by atoms with Crippen molar-refractivity contribution in [3.63, 3.8) is 0 Å². The van der Waals surface area contributed by atoms with Crippen LogP contribution in [0.1, 0.15) is 51.5 Å². The Morgan fingerprint density at radius 1 is 1.20 bits per heavy atom. The summed E-state index contributed by atoms with van der Waals surface area (Å²) >= 11 is 0. The van der Waals surface area contributed by atoms with Crippen LogP contribution in [0.3, 0.4) is 0 Å². The topological polar surface area (TPSA) is 21.3 Å². The highest BCUT2D eigenvalue weighted by atomic mass is 16.5. The van der Waals surface area contributed by atoms with Gasteiger partial charge in [-0.3, -0.25) is 0 Å². The van der Waals surface area contributed by atoms with E-state index in [1.165, 1.54) is 37.7 Å². The highest BCUT2D eigenvalue weighted by molar-refractivity contribution is 5.13. The second-order valence-corrected chi connectivity index (χ2v) is 6.32. The van der Waals surface area contributed by atoms with Crippen molar-refractivity contribution in [3.8, 4) is 0 Å². The van der Waals surface area contributed by atoms with Crippen molar-refractivity contribution in [2.45, 2.75) is 58.2 Å². The largest absolute Gasteiger partial charge is 0.369 e. The molecule has 2 rings (SSSR count). The van der Waals surface area contributed by atoms with Crippen LogP contribution in [0.4, 0.5) is 0 Å². The lowest BCUT2D eigenvalue weighted by molar-refractivity contribution is -0.0848. The second-order valence-electron chi connectivity index (χ2n) is 6.32. The third-order valence-electron chi connectivity index (χ3n) is 4.45. The predicted molar refractivity (Wildman–Crippen MR) is 84.8 cm³/mol. The van der Waals surface area contributed by atoms with Gasteiger partial charge < -0.3 is 10.1 Å². The molecule has 112 valence electrons. The van der Waals surface area contributed by atoms with E-state index in [2.05, 4.69) is 49.5 Å². The highest BCUT2D eigenvalue weighted by Crippen LogP contribution is 2.35. The number of rotatable bonds is 7. The van der Waals surface area contributed by atoms with Gasteiger partial charge in [0.25, 0.3) is 0 Å². The van der Waals surface area contributed by atoms with Crippen LogP contribution in [-0.2, 0) is 11.3 Å². The van der Waals surface area contributed by atoms with Gasteiger partial charge in [0.2, 0.25) is 0 Å². The summed E-state index contributed by atoms with van der Waals surface area (Å²) in [4.78, 5) is 0. The van der Waals surface area contributed by atoms with Crippen molar-refractivity contribution >= 4 is 0 Å². The number of hydrogen-bond donors (Lipinski definition) is 1. The molecule has 1 aromatic rings. The highest BCUT2D eigenvalue weighted by Gasteiger charge is 2.34. The summed E-state index contributed by atoms with van der Waals surface area (Å²) in [6.07, 6.45) is 6.16. The molecule has 0 aliphatic heterocycles. The standard InChI is InChI=1S/C18H29NO/c1-3-13-19-15-18(11-9-16(2)10-12-18)20-14-17-7-5-4-6-8-17/h4-8,16,19H,3,9-15H2,1-2H3. The maximum Gasteiger partial charge on any atom is 0.0811 e. The van der Waals surface area contributed by atoms with Crippen LogP contribution < -0.4 is 5.32 Å². The van der Waals surface area contributed by atoms with Crippen LogP contribution >= 0.6 is 0 Å². The van der Waals surface area contributed by atoms with Gasteiger partial charge in [-0.2, -0.15) is 0 Å². The van der Waals surface area contributed by atoms with Gasteiger partial charge in [-0.25, -0.2) is 0 Å². The van der Waals surface area contributed by atoms with E-state index in [-0.39, 0.29) is 5.60 Å². The molecule has 0 saturated heterocycles. The third kappa shape index (κ3) is 4.60. The first kappa shape index (κ1) is 15.5. The van der Waals surface area contributed by atoms with Gasteiger partial charge >= 0.3 is 0 Å². The maximum absolute atomic E-state index is 6.39. The van der Waals surface area contributed by atoms with E-state index in [1.54, 1.807) is 0 Å². The molecule has 0 atom stereocenters. The molecule has 1 aliphatic rings. The molecule has 0 amide bonds. The van der Waals surface area contributed by atoms with E-state index in [0.29, 0.717) is 0 Å². The van der Waals surface area contributed by atoms with E-state index in [9.17, 15) is 0 Å². The van der Waals surface area contributed by atoms with Crippen molar-refractivity contribution in [3.05, 3.63) is 35.9 Å². The van der Waals surface area contributed by atoms with Crippen molar-refractivity contribution in [1.82, 2.24) is 5.32 Å². The lowest BCUT2D eigenvalue weighted by Crippen LogP contribution is -2.45. The predicted octanol–water partition coefficient (Wildman–Crippen LogP) is 4.15. The summed E-state index contributed by atoms with van der Waals surface area (Å²) in [6.45, 7) is 7.41. The molecule has 0 heterocycles. The monoisotopic (exact) mass is 275 g/mol. The molecule has 20 heavy (non-hydrogen) atoms. The molecule has 2 heteroatoms. The van der Waals surface area contributed by atoms with Gasteiger partial charge in [-0.05, 0) is 50.1 Å². The fourth-order valence-electron chi connectivity index (χ4n) is 2.96. The first-order chi connectivity index (χ1) is 9.74. The lowest BCUT2D eigenvalue weighted by atomic mass is 9.79. The van der Waals surface area contributed by atoms with E-state index in [1.807, 2.05) is 0 Å². The quantitative estimate of drug-likeness (QED) is 0.755. The molecular formula is C18H29NO. The molecule has 1 saturated carbocycles. The number of nitrogens with one attached hydrogen (secondary N) is 1. The minimum Gasteiger partial charge on any atom is -0.369 e. The lowest BCUT2D eigenvalue weighted by Gasteiger charge is -2.39. The normalized spacial score (nSPS) is 26.6. The summed E-state index contributed by atoms with van der Waals surface area (Å²) in [5.74, 6) is 0.856. The Morgan fingerprint density at radius 3 is 2.55 bits per heavy atom. The van der Waals surface area contributed by atoms with Gasteiger partial charge in [0.15, 0.2) is 0 Å². The van der Waals surface area contributed by atoms with Crippen molar-refractivity contribution in [2.75, 3.05) is 13.1 Å². The van der Waals surface area contributed by atoms with Crippen molar-refractivity contribution in [1.29, 1.82) is 0 Å².